The van der Waals surface area contributed by atoms with Gasteiger partial charge in [0.2, 0.25) is 0 Å². The van der Waals surface area contributed by atoms with Gasteiger partial charge in [-0.1, -0.05) is 83.7 Å². The van der Waals surface area contributed by atoms with E-state index in [-0.39, 0.29) is 0 Å². The second-order valence-electron chi connectivity index (χ2n) is 7.78. The van der Waals surface area contributed by atoms with Crippen molar-refractivity contribution in [2.45, 2.75) is 31.6 Å². The molecule has 0 heterocycles. The first-order chi connectivity index (χ1) is 13.5. The van der Waals surface area contributed by atoms with Gasteiger partial charge in [-0.15, -0.1) is 0 Å². The SMILES string of the molecule is CC1=Cc2c(Br)cccc2C1CCC1c2cc(Br)ccc2-c2ccc(Br)cc21. The van der Waals surface area contributed by atoms with Gasteiger partial charge in [-0.3, -0.25) is 0 Å². The van der Waals surface area contributed by atoms with Crippen LogP contribution in [0.4, 0.5) is 0 Å². The lowest BCUT2D eigenvalue weighted by Crippen LogP contribution is -2.03. The number of fused-ring (bicyclic) bond motifs is 4. The maximum Gasteiger partial charge on any atom is 0.0250 e. The average Bonchev–Trinajstić information content (AvgIpc) is 3.14. The molecule has 28 heavy (non-hydrogen) atoms. The summed E-state index contributed by atoms with van der Waals surface area (Å²) in [6, 6.07) is 20.1. The van der Waals surface area contributed by atoms with Crippen molar-refractivity contribution in [2.75, 3.05) is 0 Å². The summed E-state index contributed by atoms with van der Waals surface area (Å²) >= 11 is 11.1. The van der Waals surface area contributed by atoms with E-state index in [1.807, 2.05) is 0 Å². The van der Waals surface area contributed by atoms with Crippen LogP contribution >= 0.6 is 47.8 Å². The van der Waals surface area contributed by atoms with Gasteiger partial charge < -0.3 is 0 Å². The Labute approximate surface area is 191 Å². The molecule has 2 aliphatic rings. The molecule has 0 nitrogen and oxygen atoms in total. The Hall–Kier alpha value is -1.16. The zero-order chi connectivity index (χ0) is 19.4. The molecule has 0 fully saturated rings. The van der Waals surface area contributed by atoms with Crippen molar-refractivity contribution in [3.05, 3.63) is 95.8 Å². The van der Waals surface area contributed by atoms with E-state index in [2.05, 4.69) is 115 Å². The highest BCUT2D eigenvalue weighted by molar-refractivity contribution is 9.11. The van der Waals surface area contributed by atoms with E-state index < -0.39 is 0 Å². The second-order valence-corrected chi connectivity index (χ2v) is 10.5. The van der Waals surface area contributed by atoms with E-state index in [0.717, 1.165) is 21.8 Å². The van der Waals surface area contributed by atoms with Gasteiger partial charge in [0.05, 0.1) is 0 Å². The molecule has 1 unspecified atom stereocenters. The molecule has 3 aromatic carbocycles. The molecule has 0 aliphatic heterocycles. The third-order valence-corrected chi connectivity index (χ3v) is 7.87. The standard InChI is InChI=1S/C25H19Br3/c1-14-11-24-18(3-2-4-25(24)28)17(14)9-10-21-22-12-15(26)5-7-19(22)20-8-6-16(27)13-23(20)21/h2-8,11-13,17,21H,9-10H2,1H3. The van der Waals surface area contributed by atoms with Crippen molar-refractivity contribution in [3.63, 3.8) is 0 Å². The summed E-state index contributed by atoms with van der Waals surface area (Å²) in [5.74, 6) is 0.961. The molecule has 0 bridgehead atoms. The minimum absolute atomic E-state index is 0.448. The van der Waals surface area contributed by atoms with Crippen LogP contribution in [-0.2, 0) is 0 Å². The molecule has 5 rings (SSSR count). The lowest BCUT2D eigenvalue weighted by molar-refractivity contribution is 0.618. The first-order valence-corrected chi connectivity index (χ1v) is 12.0. The van der Waals surface area contributed by atoms with Crippen molar-refractivity contribution >= 4 is 53.9 Å². The van der Waals surface area contributed by atoms with Gasteiger partial charge >= 0.3 is 0 Å². The molecule has 140 valence electrons. The Kier molecular flexibility index (Phi) is 4.89. The smallest absolute Gasteiger partial charge is 0.0250 e. The summed E-state index contributed by atoms with van der Waals surface area (Å²) in [5.41, 5.74) is 9.99. The molecule has 1 atom stereocenters. The Morgan fingerprint density at radius 3 is 1.96 bits per heavy atom. The zero-order valence-corrected chi connectivity index (χ0v) is 20.2. The Balaban J connectivity index is 1.50. The highest BCUT2D eigenvalue weighted by Crippen LogP contribution is 2.50. The van der Waals surface area contributed by atoms with Crippen LogP contribution in [0.15, 0.2) is 73.6 Å². The first kappa shape index (κ1) is 18.8. The number of allylic oxidation sites excluding steroid dienone is 1. The predicted octanol–water partition coefficient (Wildman–Crippen LogP) is 9.07. The summed E-state index contributed by atoms with van der Waals surface area (Å²) in [6.07, 6.45) is 4.66. The van der Waals surface area contributed by atoms with E-state index in [1.54, 1.807) is 0 Å². The van der Waals surface area contributed by atoms with Gasteiger partial charge in [-0.2, -0.15) is 0 Å². The van der Waals surface area contributed by atoms with Crippen molar-refractivity contribution in [2.24, 2.45) is 0 Å². The Bertz CT molecular complexity index is 1080. The van der Waals surface area contributed by atoms with Crippen LogP contribution in [0.5, 0.6) is 0 Å². The molecule has 0 aromatic heterocycles. The number of halogens is 3. The Morgan fingerprint density at radius 1 is 0.714 bits per heavy atom. The van der Waals surface area contributed by atoms with Gasteiger partial charge in [0.1, 0.15) is 0 Å². The van der Waals surface area contributed by atoms with Gasteiger partial charge in [-0.05, 0) is 83.5 Å². The molecule has 3 heteroatoms. The van der Waals surface area contributed by atoms with E-state index in [0.29, 0.717) is 11.8 Å². The second kappa shape index (κ2) is 7.27. The zero-order valence-electron chi connectivity index (χ0n) is 15.5. The van der Waals surface area contributed by atoms with Gasteiger partial charge in [-0.25, -0.2) is 0 Å². The van der Waals surface area contributed by atoms with E-state index in [4.69, 9.17) is 0 Å². The molecule has 0 saturated heterocycles. The third-order valence-electron chi connectivity index (χ3n) is 6.20. The van der Waals surface area contributed by atoms with Crippen molar-refractivity contribution in [3.8, 4) is 11.1 Å². The maximum atomic E-state index is 3.72. The lowest BCUT2D eigenvalue weighted by atomic mass is 9.85. The highest BCUT2D eigenvalue weighted by atomic mass is 79.9. The minimum atomic E-state index is 0.448. The van der Waals surface area contributed by atoms with Crippen LogP contribution in [0.1, 0.15) is 53.9 Å². The number of hydrogen-bond donors (Lipinski definition) is 0. The van der Waals surface area contributed by atoms with Crippen LogP contribution in [0.25, 0.3) is 17.2 Å². The molecule has 2 aliphatic carbocycles. The fourth-order valence-electron chi connectivity index (χ4n) is 4.91. The Morgan fingerprint density at radius 2 is 1.32 bits per heavy atom. The van der Waals surface area contributed by atoms with Crippen molar-refractivity contribution < 1.29 is 0 Å². The average molecular weight is 559 g/mol. The summed E-state index contributed by atoms with van der Waals surface area (Å²) in [6.45, 7) is 2.28. The quantitative estimate of drug-likeness (QED) is 0.301. The number of benzene rings is 3. The third kappa shape index (κ3) is 3.07. The number of rotatable bonds is 3. The molecule has 3 aromatic rings. The maximum absolute atomic E-state index is 3.72. The van der Waals surface area contributed by atoms with E-state index >= 15 is 0 Å². The largest absolute Gasteiger partial charge is 0.0652 e. The van der Waals surface area contributed by atoms with Crippen LogP contribution in [-0.4, -0.2) is 0 Å². The molecule has 0 radical (unpaired) electrons. The molecule has 0 amide bonds. The van der Waals surface area contributed by atoms with Crippen molar-refractivity contribution in [1.82, 2.24) is 0 Å². The van der Waals surface area contributed by atoms with Crippen LogP contribution < -0.4 is 0 Å². The monoisotopic (exact) mass is 556 g/mol. The summed E-state index contributed by atoms with van der Waals surface area (Å²) in [7, 11) is 0. The van der Waals surface area contributed by atoms with E-state index in [9.17, 15) is 0 Å². The fourth-order valence-corrected chi connectivity index (χ4v) is 6.17. The number of hydrogen-bond acceptors (Lipinski definition) is 0. The van der Waals surface area contributed by atoms with Gasteiger partial charge in [0.15, 0.2) is 0 Å². The van der Waals surface area contributed by atoms with E-state index in [1.165, 1.54) is 43.4 Å². The fraction of sp³-hybridized carbons (Fsp3) is 0.200. The van der Waals surface area contributed by atoms with Crippen molar-refractivity contribution in [1.29, 1.82) is 0 Å². The first-order valence-electron chi connectivity index (χ1n) is 9.59. The van der Waals surface area contributed by atoms with Gasteiger partial charge in [0.25, 0.3) is 0 Å². The molecule has 0 saturated carbocycles. The molecular formula is C25H19Br3. The predicted molar refractivity (Wildman–Crippen MR) is 129 cm³/mol. The van der Waals surface area contributed by atoms with Gasteiger partial charge in [0, 0.05) is 25.3 Å². The minimum Gasteiger partial charge on any atom is -0.0652 e. The van der Waals surface area contributed by atoms with Crippen LogP contribution in [0, 0.1) is 0 Å². The summed E-state index contributed by atoms with van der Waals surface area (Å²) in [4.78, 5) is 0. The lowest BCUT2D eigenvalue weighted by Gasteiger charge is -2.19. The topological polar surface area (TPSA) is 0 Å². The highest BCUT2D eigenvalue weighted by Gasteiger charge is 2.31. The van der Waals surface area contributed by atoms with Crippen LogP contribution in [0.3, 0.4) is 0 Å². The van der Waals surface area contributed by atoms with Crippen LogP contribution in [0.2, 0.25) is 0 Å². The summed E-state index contributed by atoms with van der Waals surface area (Å²) < 4.78 is 3.53. The molecule has 0 spiro atoms. The normalized spacial score (nSPS) is 17.3. The summed E-state index contributed by atoms with van der Waals surface area (Å²) in [5, 5.41) is 0. The molecule has 0 N–H and O–H groups in total. The molecular weight excluding hydrogens is 540 g/mol.